The van der Waals surface area contributed by atoms with E-state index in [1.807, 2.05) is 18.2 Å². The lowest BCUT2D eigenvalue weighted by molar-refractivity contribution is 0.444. The molecular formula is C8H9N5OS2. The Hall–Kier alpha value is -1.41. The van der Waals surface area contributed by atoms with Gasteiger partial charge >= 0.3 is 0 Å². The first-order valence-electron chi connectivity index (χ1n) is 4.45. The number of nitrogens with zero attached hydrogens (tertiary/aromatic N) is 3. The maximum absolute atomic E-state index is 5.22. The second kappa shape index (κ2) is 5.08. The molecular weight excluding hydrogens is 246 g/mol. The second-order valence-corrected chi connectivity index (χ2v) is 4.87. The molecule has 3 N–H and O–H groups in total. The molecule has 1 fully saturated rings. The summed E-state index contributed by atoms with van der Waals surface area (Å²) in [6.07, 6.45) is 7.02. The minimum atomic E-state index is 0.255. The Bertz CT molecular complexity index is 403. The highest BCUT2D eigenvalue weighted by Crippen LogP contribution is 2.29. The molecule has 2 rings (SSSR count). The van der Waals surface area contributed by atoms with Crippen LogP contribution >= 0.6 is 24.0 Å². The fourth-order valence-electron chi connectivity index (χ4n) is 1.37. The van der Waals surface area contributed by atoms with Gasteiger partial charge in [0, 0.05) is 0 Å². The number of rotatable bonds is 3. The molecule has 1 aliphatic carbocycles. The summed E-state index contributed by atoms with van der Waals surface area (Å²) in [5, 5.41) is 13.1. The summed E-state index contributed by atoms with van der Waals surface area (Å²) in [5.41, 5.74) is 0. The summed E-state index contributed by atoms with van der Waals surface area (Å²) in [5.74, 6) is 5.47. The summed E-state index contributed by atoms with van der Waals surface area (Å²) >= 11 is 6.68. The molecule has 0 aromatic carbocycles. The van der Waals surface area contributed by atoms with Gasteiger partial charge in [0.15, 0.2) is 0 Å². The van der Waals surface area contributed by atoms with Gasteiger partial charge in [0.1, 0.15) is 10.1 Å². The number of nitrogens with one attached hydrogen (secondary N) is 1. The number of allylic oxidation sites excluding steroid dienone is 1. The molecule has 8 heteroatoms. The van der Waals surface area contributed by atoms with Crippen LogP contribution in [0.3, 0.4) is 0 Å². The maximum atomic E-state index is 5.22. The molecule has 0 saturated carbocycles. The van der Waals surface area contributed by atoms with E-state index in [1.54, 1.807) is 11.8 Å². The zero-order chi connectivity index (χ0) is 11.4. The third-order valence-electron chi connectivity index (χ3n) is 2.02. The van der Waals surface area contributed by atoms with Crippen LogP contribution in [0.4, 0.5) is 0 Å². The smallest absolute Gasteiger partial charge is 0.203 e. The SMILES string of the molecule is NN=NN=COC1=CC2SC(=S)NC2C=C1. The highest BCUT2D eigenvalue weighted by atomic mass is 32.2. The molecule has 0 spiro atoms. The summed E-state index contributed by atoms with van der Waals surface area (Å²) in [4.78, 5) is 0. The molecule has 6 nitrogen and oxygen atoms in total. The van der Waals surface area contributed by atoms with Crippen LogP contribution in [0.25, 0.3) is 0 Å². The van der Waals surface area contributed by atoms with Gasteiger partial charge in [-0.3, -0.25) is 0 Å². The van der Waals surface area contributed by atoms with Crippen LogP contribution in [0, 0.1) is 0 Å². The number of hydrogen-bond acceptors (Lipinski definition) is 5. The van der Waals surface area contributed by atoms with Crippen molar-refractivity contribution in [3.63, 3.8) is 0 Å². The summed E-state index contributed by atoms with van der Waals surface area (Å²) in [6.45, 7) is 0. The van der Waals surface area contributed by atoms with Crippen LogP contribution in [0.1, 0.15) is 0 Å². The van der Waals surface area contributed by atoms with Crippen LogP contribution < -0.4 is 11.2 Å². The largest absolute Gasteiger partial charge is 0.444 e. The maximum Gasteiger partial charge on any atom is 0.203 e. The summed E-state index contributed by atoms with van der Waals surface area (Å²) in [6, 6.07) is 0.255. The second-order valence-electron chi connectivity index (χ2n) is 3.01. The van der Waals surface area contributed by atoms with Crippen LogP contribution in [-0.4, -0.2) is 22.0 Å². The van der Waals surface area contributed by atoms with E-state index in [9.17, 15) is 0 Å². The topological polar surface area (TPSA) is 84.4 Å². The summed E-state index contributed by atoms with van der Waals surface area (Å²) < 4.78 is 6.03. The quantitative estimate of drug-likeness (QED) is 0.197. The van der Waals surface area contributed by atoms with Gasteiger partial charge in [0.2, 0.25) is 6.40 Å². The number of thiocarbonyl (C=S) groups is 1. The van der Waals surface area contributed by atoms with Crippen LogP contribution in [-0.2, 0) is 4.74 Å². The molecule has 2 atom stereocenters. The summed E-state index contributed by atoms with van der Waals surface area (Å²) in [7, 11) is 0. The zero-order valence-electron chi connectivity index (χ0n) is 8.11. The normalized spacial score (nSPS) is 28.2. The Labute approximate surface area is 102 Å². The standard InChI is InChI=1S/C8H9N5OS2/c9-12-13-10-4-14-5-1-2-6-7(3-5)16-8(15)11-6/h1-4,6-7H,(H2,9,13)(H,11,15). The molecule has 84 valence electrons. The third-order valence-corrected chi connectivity index (χ3v) is 3.46. The van der Waals surface area contributed by atoms with Crippen molar-refractivity contribution in [2.45, 2.75) is 11.3 Å². The van der Waals surface area contributed by atoms with E-state index in [0.29, 0.717) is 5.76 Å². The molecule has 0 radical (unpaired) electrons. The van der Waals surface area contributed by atoms with Gasteiger partial charge in [0.05, 0.1) is 11.3 Å². The van der Waals surface area contributed by atoms with Gasteiger partial charge < -0.3 is 15.9 Å². The lowest BCUT2D eigenvalue weighted by atomic mass is 10.1. The third kappa shape index (κ3) is 2.58. The number of ether oxygens (including phenoxy) is 1. The monoisotopic (exact) mass is 255 g/mol. The Kier molecular flexibility index (Phi) is 3.52. The van der Waals surface area contributed by atoms with E-state index >= 15 is 0 Å². The molecule has 0 aromatic heterocycles. The fourth-order valence-corrected chi connectivity index (χ4v) is 2.80. The molecule has 1 saturated heterocycles. The van der Waals surface area contributed by atoms with Gasteiger partial charge in [-0.1, -0.05) is 40.4 Å². The molecule has 0 bridgehead atoms. The van der Waals surface area contributed by atoms with Crippen LogP contribution in [0.15, 0.2) is 39.5 Å². The number of fused-ring (bicyclic) bond motifs is 1. The molecule has 16 heavy (non-hydrogen) atoms. The lowest BCUT2D eigenvalue weighted by Crippen LogP contribution is -2.29. The van der Waals surface area contributed by atoms with Gasteiger partial charge in [-0.25, -0.2) is 0 Å². The van der Waals surface area contributed by atoms with Crippen LogP contribution in [0.5, 0.6) is 0 Å². The Balaban J connectivity index is 1.95. The van der Waals surface area contributed by atoms with E-state index in [0.717, 1.165) is 4.32 Å². The first kappa shape index (κ1) is 11.1. The molecule has 2 aliphatic rings. The van der Waals surface area contributed by atoms with Gasteiger partial charge in [0.25, 0.3) is 0 Å². The van der Waals surface area contributed by atoms with Crippen LogP contribution in [0.2, 0.25) is 0 Å². The van der Waals surface area contributed by atoms with Crippen molar-refractivity contribution < 1.29 is 4.74 Å². The lowest BCUT2D eigenvalue weighted by Gasteiger charge is -2.15. The highest BCUT2D eigenvalue weighted by Gasteiger charge is 2.30. The zero-order valence-corrected chi connectivity index (χ0v) is 9.74. The van der Waals surface area contributed by atoms with E-state index in [1.165, 1.54) is 6.40 Å². The number of thioether (sulfide) groups is 1. The predicted octanol–water partition coefficient (Wildman–Crippen LogP) is 1.08. The van der Waals surface area contributed by atoms with Crippen molar-refractivity contribution in [2.75, 3.05) is 0 Å². The minimum Gasteiger partial charge on any atom is -0.444 e. The number of hydrogen-bond donors (Lipinski definition) is 2. The Morgan fingerprint density at radius 2 is 2.50 bits per heavy atom. The van der Waals surface area contributed by atoms with Crippen molar-refractivity contribution >= 4 is 34.7 Å². The van der Waals surface area contributed by atoms with Crippen molar-refractivity contribution in [3.05, 3.63) is 24.0 Å². The Morgan fingerprint density at radius 3 is 3.31 bits per heavy atom. The molecule has 1 heterocycles. The average molecular weight is 255 g/mol. The van der Waals surface area contributed by atoms with Gasteiger partial charge in [-0.05, 0) is 17.4 Å². The first-order chi connectivity index (χ1) is 7.79. The fraction of sp³-hybridized carbons (Fsp3) is 0.250. The molecule has 0 amide bonds. The Morgan fingerprint density at radius 1 is 1.62 bits per heavy atom. The van der Waals surface area contributed by atoms with Gasteiger partial charge in [-0.2, -0.15) is 0 Å². The van der Waals surface area contributed by atoms with Crippen molar-refractivity contribution in [1.29, 1.82) is 0 Å². The molecule has 2 unspecified atom stereocenters. The predicted molar refractivity (Wildman–Crippen MR) is 66.7 cm³/mol. The van der Waals surface area contributed by atoms with Crippen molar-refractivity contribution in [2.24, 2.45) is 21.4 Å². The first-order valence-corrected chi connectivity index (χ1v) is 5.74. The number of nitrogens with two attached hydrogens (primary N) is 1. The van der Waals surface area contributed by atoms with Crippen molar-refractivity contribution in [1.82, 2.24) is 5.32 Å². The van der Waals surface area contributed by atoms with E-state index in [-0.39, 0.29) is 11.3 Å². The van der Waals surface area contributed by atoms with E-state index in [4.69, 9.17) is 22.8 Å². The van der Waals surface area contributed by atoms with Gasteiger partial charge in [-0.15, -0.1) is 0 Å². The van der Waals surface area contributed by atoms with E-state index < -0.39 is 0 Å². The van der Waals surface area contributed by atoms with Crippen molar-refractivity contribution in [3.8, 4) is 0 Å². The minimum absolute atomic E-state index is 0.255. The highest BCUT2D eigenvalue weighted by molar-refractivity contribution is 8.23. The average Bonchev–Trinajstić information content (AvgIpc) is 2.64. The molecule has 1 aliphatic heterocycles. The van der Waals surface area contributed by atoms with E-state index in [2.05, 4.69) is 20.9 Å². The molecule has 0 aromatic rings.